The van der Waals surface area contributed by atoms with E-state index in [2.05, 4.69) is 132 Å². The molecule has 73 heavy (non-hydrogen) atoms. The third kappa shape index (κ3) is 12.1. The summed E-state index contributed by atoms with van der Waals surface area (Å²) in [6, 6.07) is 51.5. The summed E-state index contributed by atoms with van der Waals surface area (Å²) >= 11 is 3.61. The van der Waals surface area contributed by atoms with Gasteiger partial charge in [0.1, 0.15) is 34.5 Å². The first-order valence-corrected chi connectivity index (χ1v) is 28.0. The number of methoxy groups -OCH3 is 2. The van der Waals surface area contributed by atoms with Crippen molar-refractivity contribution < 1.29 is 35.8 Å². The van der Waals surface area contributed by atoms with Crippen molar-refractivity contribution in [3.63, 3.8) is 0 Å². The van der Waals surface area contributed by atoms with Crippen molar-refractivity contribution in [2.45, 2.75) is 98.1 Å². The fourth-order valence-corrected chi connectivity index (χ4v) is 11.3. The quantitative estimate of drug-likeness (QED) is 0.0935. The highest BCUT2D eigenvalue weighted by atomic mass is 79.9. The summed E-state index contributed by atoms with van der Waals surface area (Å²) in [4.78, 5) is 0.846. The predicted molar refractivity (Wildman–Crippen MR) is 296 cm³/mol. The van der Waals surface area contributed by atoms with Gasteiger partial charge in [0, 0.05) is 21.7 Å². The van der Waals surface area contributed by atoms with Crippen molar-refractivity contribution in [3.8, 4) is 34.5 Å². The third-order valence-electron chi connectivity index (χ3n) is 13.7. The molecule has 0 bridgehead atoms. The number of alkyl halides is 1. The molecule has 8 aromatic rings. The van der Waals surface area contributed by atoms with Gasteiger partial charge in [0.05, 0.1) is 33.8 Å². The van der Waals surface area contributed by atoms with Gasteiger partial charge in [0.15, 0.2) is 0 Å². The Hall–Kier alpha value is -6.66. The summed E-state index contributed by atoms with van der Waals surface area (Å²) in [5.74, 6) is 3.82. The Kier molecular flexibility index (Phi) is 16.5. The number of benzene rings is 8. The molecule has 0 aliphatic heterocycles. The molecule has 0 spiro atoms. The van der Waals surface area contributed by atoms with E-state index in [-0.39, 0.29) is 30.4 Å². The van der Waals surface area contributed by atoms with E-state index in [0.29, 0.717) is 28.3 Å². The van der Waals surface area contributed by atoms with Gasteiger partial charge in [-0.15, -0.1) is 0 Å². The van der Waals surface area contributed by atoms with E-state index >= 15 is 0 Å². The Balaban J connectivity index is 0.000000214. The fraction of sp³-hybridized carbons (Fsp3) is 0.226. The highest BCUT2D eigenvalue weighted by Crippen LogP contribution is 2.39. The van der Waals surface area contributed by atoms with Crippen molar-refractivity contribution in [1.82, 2.24) is 0 Å². The van der Waals surface area contributed by atoms with E-state index in [4.69, 9.17) is 18.9 Å². The van der Waals surface area contributed by atoms with Crippen LogP contribution in [-0.2, 0) is 35.8 Å². The second kappa shape index (κ2) is 22.2. The lowest BCUT2D eigenvalue weighted by atomic mass is 9.77. The Morgan fingerprint density at radius 3 is 1.00 bits per heavy atom. The van der Waals surface area contributed by atoms with Crippen LogP contribution < -0.4 is 18.9 Å². The van der Waals surface area contributed by atoms with E-state index < -0.39 is 19.7 Å². The van der Waals surface area contributed by atoms with Crippen molar-refractivity contribution in [2.75, 3.05) is 14.2 Å². The third-order valence-corrected chi connectivity index (χ3v) is 17.9. The van der Waals surface area contributed by atoms with Crippen molar-refractivity contribution >= 4 is 35.6 Å². The van der Waals surface area contributed by atoms with Crippen molar-refractivity contribution in [2.24, 2.45) is 0 Å². The largest absolute Gasteiger partial charge is 0.497 e. The summed E-state index contributed by atoms with van der Waals surface area (Å²) in [7, 11) is -4.18. The normalized spacial score (nSPS) is 11.8. The molecule has 0 heterocycles. The first-order chi connectivity index (χ1) is 34.6. The standard InChI is InChI=1S/C31H31BrO4S.C31H32O4S/c1-21-6-7-24(18-22(21)2)31(3,4)25-8-17-30(23(19-25)20-32)36-27-11-15-29(16-12-27)37(33,34)28-13-9-26(35-5)10-14-28;1-21-7-8-24(19-22(21)2)31(4,5)25-9-18-30(23(3)20-25)35-27-12-16-29(17-13-27)36(32,33)28-14-10-26(34-6)11-15-28/h6-19H,20H2,1-5H3;7-20H,1-6H3. The number of halogens is 1. The summed E-state index contributed by atoms with van der Waals surface area (Å²) in [6.07, 6.45) is 0. The average Bonchev–Trinajstić information content (AvgIpc) is 3.39. The Labute approximate surface area is 441 Å². The lowest BCUT2D eigenvalue weighted by Gasteiger charge is -2.28. The van der Waals surface area contributed by atoms with Crippen LogP contribution in [0.1, 0.15) is 83.3 Å². The number of ether oxygens (including phenoxy) is 4. The van der Waals surface area contributed by atoms with Crippen LogP contribution in [0.25, 0.3) is 0 Å². The summed E-state index contributed by atoms with van der Waals surface area (Å²) in [5.41, 5.74) is 11.8. The van der Waals surface area contributed by atoms with E-state index in [0.717, 1.165) is 22.6 Å². The van der Waals surface area contributed by atoms with Crippen LogP contribution in [0.2, 0.25) is 0 Å². The Bertz CT molecular complexity index is 3460. The molecular formula is C62H63BrO8S2. The molecule has 0 saturated heterocycles. The van der Waals surface area contributed by atoms with Crippen LogP contribution in [0, 0.1) is 34.6 Å². The van der Waals surface area contributed by atoms with Gasteiger partial charge in [-0.3, -0.25) is 0 Å². The van der Waals surface area contributed by atoms with Gasteiger partial charge in [0.2, 0.25) is 19.7 Å². The van der Waals surface area contributed by atoms with Crippen LogP contribution in [0.3, 0.4) is 0 Å². The minimum absolute atomic E-state index is 0.154. The molecule has 0 aliphatic rings. The molecule has 0 aromatic heterocycles. The maximum Gasteiger partial charge on any atom is 0.206 e. The van der Waals surface area contributed by atoms with Crippen LogP contribution in [0.5, 0.6) is 34.5 Å². The molecule has 8 rings (SSSR count). The molecule has 0 N–H and O–H groups in total. The summed E-state index contributed by atoms with van der Waals surface area (Å²) in [5, 5.41) is 0.628. The fourth-order valence-electron chi connectivity index (χ4n) is 8.33. The maximum absolute atomic E-state index is 13.0. The molecule has 0 amide bonds. The van der Waals surface area contributed by atoms with Gasteiger partial charge in [-0.1, -0.05) is 104 Å². The molecule has 378 valence electrons. The molecule has 0 fully saturated rings. The number of hydrogen-bond acceptors (Lipinski definition) is 8. The molecule has 11 heteroatoms. The maximum atomic E-state index is 13.0. The van der Waals surface area contributed by atoms with E-state index in [1.165, 1.54) is 44.5 Å². The molecular weight excluding hydrogens is 1020 g/mol. The Morgan fingerprint density at radius 2 is 0.671 bits per heavy atom. The number of rotatable bonds is 15. The topological polar surface area (TPSA) is 105 Å². The minimum Gasteiger partial charge on any atom is -0.497 e. The van der Waals surface area contributed by atoms with Crippen LogP contribution in [0.4, 0.5) is 0 Å². The molecule has 8 nitrogen and oxygen atoms in total. The van der Waals surface area contributed by atoms with Crippen molar-refractivity contribution in [1.29, 1.82) is 0 Å². The average molecular weight is 1080 g/mol. The van der Waals surface area contributed by atoms with Crippen LogP contribution in [-0.4, -0.2) is 31.1 Å². The van der Waals surface area contributed by atoms with Gasteiger partial charge >= 0.3 is 0 Å². The SMILES string of the molecule is COc1ccc(S(=O)(=O)c2ccc(Oc3ccc(C(C)(C)c4ccc(C)c(C)c4)cc3C)cc2)cc1.COc1ccc(S(=O)(=O)c2ccc(Oc3ccc(C(C)(C)c4ccc(C)c(C)c4)cc3CBr)cc2)cc1. The number of sulfone groups is 2. The van der Waals surface area contributed by atoms with Gasteiger partial charge in [0.25, 0.3) is 0 Å². The summed E-state index contributed by atoms with van der Waals surface area (Å²) < 4.78 is 74.5. The zero-order chi connectivity index (χ0) is 52.9. The highest BCUT2D eigenvalue weighted by Gasteiger charge is 2.27. The predicted octanol–water partition coefficient (Wildman–Crippen LogP) is 15.7. The van der Waals surface area contributed by atoms with Crippen LogP contribution in [0.15, 0.2) is 189 Å². The monoisotopic (exact) mass is 1080 g/mol. The van der Waals surface area contributed by atoms with E-state index in [1.807, 2.05) is 19.1 Å². The molecule has 0 atom stereocenters. The van der Waals surface area contributed by atoms with Gasteiger partial charge < -0.3 is 18.9 Å². The second-order valence-corrected chi connectivity index (χ2v) is 23.7. The first-order valence-electron chi connectivity index (χ1n) is 23.9. The van der Waals surface area contributed by atoms with Gasteiger partial charge in [-0.2, -0.15) is 0 Å². The molecule has 0 unspecified atom stereocenters. The Morgan fingerprint density at radius 1 is 0.370 bits per heavy atom. The first kappa shape index (κ1) is 54.1. The van der Waals surface area contributed by atoms with Crippen LogP contribution >= 0.6 is 15.9 Å². The minimum atomic E-state index is -3.64. The smallest absolute Gasteiger partial charge is 0.206 e. The highest BCUT2D eigenvalue weighted by molar-refractivity contribution is 9.08. The molecule has 0 radical (unpaired) electrons. The molecule has 0 saturated carbocycles. The lowest BCUT2D eigenvalue weighted by Crippen LogP contribution is -2.19. The van der Waals surface area contributed by atoms with Gasteiger partial charge in [-0.25, -0.2) is 16.8 Å². The number of aryl methyl sites for hydroxylation is 5. The van der Waals surface area contributed by atoms with Gasteiger partial charge in [-0.05, 0) is 194 Å². The van der Waals surface area contributed by atoms with E-state index in [9.17, 15) is 16.8 Å². The zero-order valence-electron chi connectivity index (χ0n) is 43.3. The van der Waals surface area contributed by atoms with E-state index in [1.54, 1.807) is 111 Å². The molecule has 0 aliphatic carbocycles. The number of hydrogen-bond donors (Lipinski definition) is 0. The molecule has 8 aromatic carbocycles. The second-order valence-electron chi connectivity index (χ2n) is 19.3. The summed E-state index contributed by atoms with van der Waals surface area (Å²) in [6.45, 7) is 19.5. The lowest BCUT2D eigenvalue weighted by molar-refractivity contribution is 0.414. The zero-order valence-corrected chi connectivity index (χ0v) is 46.6. The van der Waals surface area contributed by atoms with Crippen molar-refractivity contribution in [3.05, 3.63) is 225 Å².